The quantitative estimate of drug-likeness (QED) is 0.408. The Morgan fingerprint density at radius 1 is 1.22 bits per heavy atom. The van der Waals surface area contributed by atoms with Gasteiger partial charge in [0.15, 0.2) is 0 Å². The van der Waals surface area contributed by atoms with E-state index in [0.717, 1.165) is 12.8 Å². The highest BCUT2D eigenvalue weighted by molar-refractivity contribution is 14.1. The summed E-state index contributed by atoms with van der Waals surface area (Å²) in [4.78, 5) is 38.5. The predicted molar refractivity (Wildman–Crippen MR) is 126 cm³/mol. The van der Waals surface area contributed by atoms with E-state index in [9.17, 15) is 18.8 Å². The highest BCUT2D eigenvalue weighted by atomic mass is 127. The van der Waals surface area contributed by atoms with Gasteiger partial charge in [-0.25, -0.2) is 9.18 Å². The fourth-order valence-electron chi connectivity index (χ4n) is 3.62. The minimum atomic E-state index is -1.02. The van der Waals surface area contributed by atoms with Crippen LogP contribution in [0.25, 0.3) is 0 Å². The first-order valence-electron chi connectivity index (χ1n) is 10.2. The molecule has 2 fully saturated rings. The first-order chi connectivity index (χ1) is 15.2. The lowest BCUT2D eigenvalue weighted by Crippen LogP contribution is -2.57. The second kappa shape index (κ2) is 8.60. The molecule has 0 atom stereocenters. The number of aromatic nitrogens is 1. The third kappa shape index (κ3) is 4.38. The van der Waals surface area contributed by atoms with Crippen LogP contribution in [0.3, 0.4) is 0 Å². The molecule has 11 heteroatoms. The van der Waals surface area contributed by atoms with Crippen molar-refractivity contribution in [3.05, 3.63) is 49.1 Å². The number of rotatable bonds is 6. The van der Waals surface area contributed by atoms with Crippen molar-refractivity contribution in [1.82, 2.24) is 14.8 Å². The SMILES string of the molecule is Cc1c(NC2CN(C(=O)O)C2)c(C(=O)NC2CC2)c(Nc2ccc(I)cc2F)n(C)c1=O. The molecule has 1 aromatic carbocycles. The minimum Gasteiger partial charge on any atom is -0.465 e. The summed E-state index contributed by atoms with van der Waals surface area (Å²) in [6.07, 6.45) is 0.737. The Labute approximate surface area is 197 Å². The molecule has 2 heterocycles. The largest absolute Gasteiger partial charge is 0.465 e. The summed E-state index contributed by atoms with van der Waals surface area (Å²) in [6, 6.07) is 4.45. The van der Waals surface area contributed by atoms with Gasteiger partial charge in [0.25, 0.3) is 11.5 Å². The van der Waals surface area contributed by atoms with Crippen LogP contribution >= 0.6 is 22.6 Å². The Kier molecular flexibility index (Phi) is 6.01. The molecule has 0 spiro atoms. The predicted octanol–water partition coefficient (Wildman–Crippen LogP) is 2.85. The maximum Gasteiger partial charge on any atom is 0.407 e. The number of anilines is 3. The summed E-state index contributed by atoms with van der Waals surface area (Å²) in [5.41, 5.74) is 0.642. The maximum atomic E-state index is 14.6. The van der Waals surface area contributed by atoms with Crippen molar-refractivity contribution in [2.24, 2.45) is 7.05 Å². The number of pyridine rings is 1. The normalized spacial score (nSPS) is 15.8. The van der Waals surface area contributed by atoms with Crippen molar-refractivity contribution in [1.29, 1.82) is 0 Å². The van der Waals surface area contributed by atoms with E-state index in [1.807, 2.05) is 22.6 Å². The van der Waals surface area contributed by atoms with E-state index < -0.39 is 11.9 Å². The minimum absolute atomic E-state index is 0.0713. The summed E-state index contributed by atoms with van der Waals surface area (Å²) >= 11 is 2.00. The van der Waals surface area contributed by atoms with Crippen LogP contribution < -0.4 is 21.5 Å². The van der Waals surface area contributed by atoms with Gasteiger partial charge in [0.05, 0.1) is 17.4 Å². The van der Waals surface area contributed by atoms with Gasteiger partial charge in [0, 0.05) is 35.3 Å². The van der Waals surface area contributed by atoms with Gasteiger partial charge in [-0.05, 0) is 60.6 Å². The molecule has 0 radical (unpaired) electrons. The second-order valence-electron chi connectivity index (χ2n) is 8.11. The molecular formula is C21H23FIN5O4. The van der Waals surface area contributed by atoms with Crippen LogP contribution in [0.1, 0.15) is 28.8 Å². The van der Waals surface area contributed by atoms with Crippen LogP contribution in [0.5, 0.6) is 0 Å². The van der Waals surface area contributed by atoms with Crippen molar-refractivity contribution in [3.63, 3.8) is 0 Å². The lowest BCUT2D eigenvalue weighted by molar-refractivity contribution is 0.0950. The molecule has 2 aliphatic rings. The topological polar surface area (TPSA) is 116 Å². The van der Waals surface area contributed by atoms with E-state index in [1.54, 1.807) is 19.1 Å². The number of hydrogen-bond donors (Lipinski definition) is 4. The number of carbonyl (C=O) groups is 2. The lowest BCUT2D eigenvalue weighted by atomic mass is 10.0. The zero-order valence-corrected chi connectivity index (χ0v) is 19.7. The van der Waals surface area contributed by atoms with Gasteiger partial charge >= 0.3 is 6.09 Å². The molecule has 0 bridgehead atoms. The number of amides is 2. The number of benzene rings is 1. The summed E-state index contributed by atoms with van der Waals surface area (Å²) in [5.74, 6) is -0.726. The van der Waals surface area contributed by atoms with E-state index in [-0.39, 0.29) is 53.7 Å². The maximum absolute atomic E-state index is 14.6. The number of carboxylic acid groups (broad SMARTS) is 1. The Balaban J connectivity index is 1.78. The number of hydrogen-bond acceptors (Lipinski definition) is 5. The van der Waals surface area contributed by atoms with Crippen LogP contribution in [0.2, 0.25) is 0 Å². The number of carbonyl (C=O) groups excluding carboxylic acids is 1. The molecular weight excluding hydrogens is 532 g/mol. The zero-order valence-electron chi connectivity index (χ0n) is 17.5. The molecule has 4 N–H and O–H groups in total. The van der Waals surface area contributed by atoms with E-state index >= 15 is 0 Å². The van der Waals surface area contributed by atoms with Crippen molar-refractivity contribution in [2.45, 2.75) is 31.8 Å². The van der Waals surface area contributed by atoms with Gasteiger partial charge in [-0.15, -0.1) is 0 Å². The third-order valence-electron chi connectivity index (χ3n) is 5.65. The van der Waals surface area contributed by atoms with Gasteiger partial charge in [0.1, 0.15) is 17.2 Å². The molecule has 9 nitrogen and oxygen atoms in total. The highest BCUT2D eigenvalue weighted by Crippen LogP contribution is 2.32. The van der Waals surface area contributed by atoms with Gasteiger partial charge in [-0.2, -0.15) is 0 Å². The van der Waals surface area contributed by atoms with Gasteiger partial charge in [0.2, 0.25) is 0 Å². The first-order valence-corrected chi connectivity index (χ1v) is 11.2. The molecule has 1 aliphatic carbocycles. The van der Waals surface area contributed by atoms with Crippen LogP contribution in [0.15, 0.2) is 23.0 Å². The molecule has 1 aliphatic heterocycles. The molecule has 1 saturated carbocycles. The second-order valence-corrected chi connectivity index (χ2v) is 9.36. The smallest absolute Gasteiger partial charge is 0.407 e. The highest BCUT2D eigenvalue weighted by Gasteiger charge is 2.34. The van der Waals surface area contributed by atoms with E-state index in [1.165, 1.54) is 22.6 Å². The summed E-state index contributed by atoms with van der Waals surface area (Å²) < 4.78 is 16.6. The van der Waals surface area contributed by atoms with Gasteiger partial charge in [-0.1, -0.05) is 0 Å². The molecule has 32 heavy (non-hydrogen) atoms. The molecule has 170 valence electrons. The van der Waals surface area contributed by atoms with Crippen molar-refractivity contribution < 1.29 is 19.1 Å². The lowest BCUT2D eigenvalue weighted by Gasteiger charge is -2.38. The molecule has 1 aromatic heterocycles. The van der Waals surface area contributed by atoms with Crippen LogP contribution in [0.4, 0.5) is 26.4 Å². The number of halogens is 2. The van der Waals surface area contributed by atoms with Crippen LogP contribution in [-0.2, 0) is 7.05 Å². The molecule has 2 aromatic rings. The summed E-state index contributed by atoms with van der Waals surface area (Å²) in [5, 5.41) is 18.1. The Bertz CT molecular complexity index is 1160. The van der Waals surface area contributed by atoms with Crippen molar-refractivity contribution >= 4 is 51.8 Å². The van der Waals surface area contributed by atoms with Crippen molar-refractivity contribution in [2.75, 3.05) is 23.7 Å². The van der Waals surface area contributed by atoms with E-state index in [2.05, 4.69) is 16.0 Å². The Morgan fingerprint density at radius 2 is 1.91 bits per heavy atom. The summed E-state index contributed by atoms with van der Waals surface area (Å²) in [7, 11) is 1.52. The Hall–Kier alpha value is -2.83. The summed E-state index contributed by atoms with van der Waals surface area (Å²) in [6.45, 7) is 2.09. The average Bonchev–Trinajstić information content (AvgIpc) is 3.50. The number of nitrogens with one attached hydrogen (secondary N) is 3. The fraction of sp³-hybridized carbons (Fsp3) is 0.381. The van der Waals surface area contributed by atoms with Gasteiger partial charge in [-0.3, -0.25) is 14.2 Å². The zero-order chi connectivity index (χ0) is 23.2. The van der Waals surface area contributed by atoms with Gasteiger partial charge < -0.3 is 26.0 Å². The molecule has 0 unspecified atom stereocenters. The van der Waals surface area contributed by atoms with Crippen molar-refractivity contribution in [3.8, 4) is 0 Å². The van der Waals surface area contributed by atoms with Crippen LogP contribution in [0, 0.1) is 16.3 Å². The molecule has 4 rings (SSSR count). The monoisotopic (exact) mass is 555 g/mol. The Morgan fingerprint density at radius 3 is 2.50 bits per heavy atom. The van der Waals surface area contributed by atoms with E-state index in [0.29, 0.717) is 14.8 Å². The fourth-order valence-corrected chi connectivity index (χ4v) is 4.07. The standard InChI is InChI=1S/C21H23FIN5O4/c1-10-17(24-13-8-28(9-13)21(31)32)16(19(29)25-12-4-5-12)18(27(2)20(10)30)26-15-6-3-11(23)7-14(15)22/h3,6-7,12-13,24,26H,4-5,8-9H2,1-2H3,(H,25,29)(H,31,32). The average molecular weight is 555 g/mol. The molecule has 1 saturated heterocycles. The number of likely N-dealkylation sites (tertiary alicyclic amines) is 1. The third-order valence-corrected chi connectivity index (χ3v) is 6.32. The van der Waals surface area contributed by atoms with E-state index in [4.69, 9.17) is 5.11 Å². The number of nitrogens with zero attached hydrogens (tertiary/aromatic N) is 2. The first kappa shape index (κ1) is 22.4. The van der Waals surface area contributed by atoms with Crippen LogP contribution in [-0.4, -0.2) is 51.7 Å². The molecule has 2 amide bonds.